The molecule has 2 aliphatic rings. The predicted molar refractivity (Wildman–Crippen MR) is 85.3 cm³/mol. The fourth-order valence-corrected chi connectivity index (χ4v) is 3.46. The molecular formula is C15H16ClN5O3. The number of Topliss-reactive ketones (excluding diaryl/α,β-unsaturated/α-hetero) is 1. The third-order valence-electron chi connectivity index (χ3n) is 4.41. The summed E-state index contributed by atoms with van der Waals surface area (Å²) in [5, 5.41) is 18.2. The molecule has 9 heteroatoms. The summed E-state index contributed by atoms with van der Waals surface area (Å²) in [6.07, 6.45) is 0.940. The van der Waals surface area contributed by atoms with Crippen LogP contribution in [-0.2, 0) is 6.42 Å². The second kappa shape index (κ2) is 6.61. The topological polar surface area (TPSA) is 110 Å². The van der Waals surface area contributed by atoms with Gasteiger partial charge in [0.1, 0.15) is 11.5 Å². The van der Waals surface area contributed by atoms with Gasteiger partial charge in [-0.05, 0) is 24.4 Å². The van der Waals surface area contributed by atoms with Crippen LogP contribution in [-0.4, -0.2) is 57.5 Å². The van der Waals surface area contributed by atoms with Crippen molar-refractivity contribution in [1.29, 1.82) is 5.26 Å². The molecule has 0 saturated carbocycles. The maximum atomic E-state index is 12.1. The SMILES string of the molecule is N#CC[C@H]1CN(c2nc(Cl)nc3c2CCCC3=O)CCN1C(=O)O. The highest BCUT2D eigenvalue weighted by Crippen LogP contribution is 2.30. The van der Waals surface area contributed by atoms with Gasteiger partial charge in [-0.25, -0.2) is 14.8 Å². The molecule has 126 valence electrons. The average molecular weight is 350 g/mol. The third-order valence-corrected chi connectivity index (χ3v) is 4.58. The van der Waals surface area contributed by atoms with Crippen LogP contribution >= 0.6 is 11.6 Å². The first-order chi connectivity index (χ1) is 11.5. The molecule has 8 nitrogen and oxygen atoms in total. The summed E-state index contributed by atoms with van der Waals surface area (Å²) in [7, 11) is 0. The van der Waals surface area contributed by atoms with Crippen molar-refractivity contribution in [3.8, 4) is 6.07 Å². The summed E-state index contributed by atoms with van der Waals surface area (Å²) in [6, 6.07) is 1.59. The number of fused-ring (bicyclic) bond motifs is 1. The Hall–Kier alpha value is -2.40. The van der Waals surface area contributed by atoms with Gasteiger partial charge in [-0.3, -0.25) is 4.79 Å². The van der Waals surface area contributed by atoms with E-state index in [1.807, 2.05) is 11.0 Å². The van der Waals surface area contributed by atoms with E-state index in [-0.39, 0.29) is 24.0 Å². The smallest absolute Gasteiger partial charge is 0.407 e. The van der Waals surface area contributed by atoms with Gasteiger partial charge >= 0.3 is 6.09 Å². The number of rotatable bonds is 2. The number of amides is 1. The van der Waals surface area contributed by atoms with Crippen LogP contribution in [0.5, 0.6) is 0 Å². The molecule has 2 heterocycles. The van der Waals surface area contributed by atoms with Crippen molar-refractivity contribution in [1.82, 2.24) is 14.9 Å². The lowest BCUT2D eigenvalue weighted by molar-refractivity contribution is 0.0967. The fourth-order valence-electron chi connectivity index (χ4n) is 3.29. The van der Waals surface area contributed by atoms with Crippen molar-refractivity contribution in [3.05, 3.63) is 16.5 Å². The number of hydrogen-bond donors (Lipinski definition) is 1. The molecule has 24 heavy (non-hydrogen) atoms. The number of piperazine rings is 1. The molecule has 1 saturated heterocycles. The van der Waals surface area contributed by atoms with Gasteiger partial charge in [0, 0.05) is 31.6 Å². The minimum absolute atomic E-state index is 0.0106. The minimum Gasteiger partial charge on any atom is -0.465 e. The number of nitrogens with zero attached hydrogens (tertiary/aromatic N) is 5. The van der Waals surface area contributed by atoms with Gasteiger partial charge < -0.3 is 14.9 Å². The average Bonchev–Trinajstić information content (AvgIpc) is 2.55. The lowest BCUT2D eigenvalue weighted by Gasteiger charge is -2.40. The fraction of sp³-hybridized carbons (Fsp3) is 0.533. The molecule has 0 bridgehead atoms. The van der Waals surface area contributed by atoms with Crippen LogP contribution in [0.3, 0.4) is 0 Å². The summed E-state index contributed by atoms with van der Waals surface area (Å²) in [4.78, 5) is 34.9. The van der Waals surface area contributed by atoms with Crippen molar-refractivity contribution in [3.63, 3.8) is 0 Å². The molecule has 0 unspecified atom stereocenters. The molecule has 1 N–H and O–H groups in total. The number of ketones is 1. The van der Waals surface area contributed by atoms with Crippen LogP contribution in [0, 0.1) is 11.3 Å². The first kappa shape index (κ1) is 16.5. The van der Waals surface area contributed by atoms with Crippen LogP contribution in [0.1, 0.15) is 35.3 Å². The van der Waals surface area contributed by atoms with Gasteiger partial charge in [-0.2, -0.15) is 5.26 Å². The highest BCUT2D eigenvalue weighted by Gasteiger charge is 2.33. The van der Waals surface area contributed by atoms with E-state index in [0.29, 0.717) is 37.4 Å². The van der Waals surface area contributed by atoms with E-state index in [0.717, 1.165) is 12.0 Å². The Bertz CT molecular complexity index is 733. The molecule has 1 fully saturated rings. The van der Waals surface area contributed by atoms with Crippen molar-refractivity contribution < 1.29 is 14.7 Å². The van der Waals surface area contributed by atoms with E-state index in [4.69, 9.17) is 16.9 Å². The zero-order valence-corrected chi connectivity index (χ0v) is 13.7. The van der Waals surface area contributed by atoms with Crippen molar-refractivity contribution in [2.75, 3.05) is 24.5 Å². The van der Waals surface area contributed by atoms with Crippen LogP contribution in [0.15, 0.2) is 0 Å². The summed E-state index contributed by atoms with van der Waals surface area (Å²) < 4.78 is 0. The Morgan fingerprint density at radius 2 is 2.17 bits per heavy atom. The number of aromatic nitrogens is 2. The maximum absolute atomic E-state index is 12.1. The second-order valence-corrected chi connectivity index (χ2v) is 6.20. The van der Waals surface area contributed by atoms with E-state index in [1.54, 1.807) is 0 Å². The molecule has 0 spiro atoms. The summed E-state index contributed by atoms with van der Waals surface area (Å²) in [6.45, 7) is 1.04. The number of carbonyl (C=O) groups excluding carboxylic acids is 1. The quantitative estimate of drug-likeness (QED) is 0.809. The summed E-state index contributed by atoms with van der Waals surface area (Å²) in [5.74, 6) is 0.547. The standard InChI is InChI=1S/C15H16ClN5O3/c16-14-18-12-10(2-1-3-11(12)22)13(19-14)20-6-7-21(15(23)24)9(8-20)4-5-17/h9H,1-4,6-8H2,(H,23,24)/t9-/m0/s1. The molecule has 1 aromatic heterocycles. The summed E-state index contributed by atoms with van der Waals surface area (Å²) in [5.41, 5.74) is 1.14. The van der Waals surface area contributed by atoms with Gasteiger partial charge in [0.2, 0.25) is 5.28 Å². The molecule has 1 atom stereocenters. The Labute approximate surface area is 143 Å². The van der Waals surface area contributed by atoms with Crippen molar-refractivity contribution in [2.45, 2.75) is 31.7 Å². The summed E-state index contributed by atoms with van der Waals surface area (Å²) >= 11 is 5.99. The molecule has 1 amide bonds. The molecule has 0 radical (unpaired) electrons. The third kappa shape index (κ3) is 2.99. The molecule has 1 aliphatic heterocycles. The first-order valence-corrected chi connectivity index (χ1v) is 8.10. The highest BCUT2D eigenvalue weighted by atomic mass is 35.5. The lowest BCUT2D eigenvalue weighted by Crippen LogP contribution is -2.55. The van der Waals surface area contributed by atoms with Crippen LogP contribution in [0.2, 0.25) is 5.28 Å². The number of carboxylic acid groups (broad SMARTS) is 1. The molecule has 3 rings (SSSR count). The van der Waals surface area contributed by atoms with Gasteiger partial charge in [-0.15, -0.1) is 0 Å². The van der Waals surface area contributed by atoms with Gasteiger partial charge in [-0.1, -0.05) is 0 Å². The highest BCUT2D eigenvalue weighted by molar-refractivity contribution is 6.28. The van der Waals surface area contributed by atoms with Crippen molar-refractivity contribution >= 4 is 29.3 Å². The largest absolute Gasteiger partial charge is 0.465 e. The van der Waals surface area contributed by atoms with Gasteiger partial charge in [0.15, 0.2) is 5.78 Å². The van der Waals surface area contributed by atoms with E-state index in [1.165, 1.54) is 4.90 Å². The van der Waals surface area contributed by atoms with Crippen molar-refractivity contribution in [2.24, 2.45) is 0 Å². The van der Waals surface area contributed by atoms with Gasteiger partial charge in [0.05, 0.1) is 18.5 Å². The normalized spacial score (nSPS) is 20.5. The maximum Gasteiger partial charge on any atom is 0.407 e. The number of anilines is 1. The predicted octanol–water partition coefficient (Wildman–Crippen LogP) is 1.73. The monoisotopic (exact) mass is 349 g/mol. The van der Waals surface area contributed by atoms with E-state index in [2.05, 4.69) is 9.97 Å². The first-order valence-electron chi connectivity index (χ1n) is 7.72. The zero-order valence-electron chi connectivity index (χ0n) is 12.9. The van der Waals surface area contributed by atoms with Crippen LogP contribution in [0.25, 0.3) is 0 Å². The Kier molecular flexibility index (Phi) is 4.53. The molecule has 0 aromatic carbocycles. The molecule has 1 aromatic rings. The lowest BCUT2D eigenvalue weighted by atomic mass is 9.94. The number of carbonyl (C=O) groups is 2. The number of nitriles is 1. The van der Waals surface area contributed by atoms with E-state index in [9.17, 15) is 14.7 Å². The zero-order chi connectivity index (χ0) is 17.3. The van der Waals surface area contributed by atoms with E-state index >= 15 is 0 Å². The van der Waals surface area contributed by atoms with E-state index < -0.39 is 12.1 Å². The Morgan fingerprint density at radius 3 is 2.88 bits per heavy atom. The van der Waals surface area contributed by atoms with Crippen LogP contribution < -0.4 is 4.90 Å². The second-order valence-electron chi connectivity index (χ2n) is 5.86. The minimum atomic E-state index is -1.03. The Balaban J connectivity index is 1.94. The van der Waals surface area contributed by atoms with Gasteiger partial charge in [0.25, 0.3) is 0 Å². The van der Waals surface area contributed by atoms with Crippen LogP contribution in [0.4, 0.5) is 10.6 Å². The number of hydrogen-bond acceptors (Lipinski definition) is 6. The number of halogens is 1. The Morgan fingerprint density at radius 1 is 1.38 bits per heavy atom. The molecular weight excluding hydrogens is 334 g/mol. The molecule has 1 aliphatic carbocycles.